The predicted molar refractivity (Wildman–Crippen MR) is 98.7 cm³/mol. The van der Waals surface area contributed by atoms with Crippen molar-refractivity contribution in [3.8, 4) is 11.5 Å². The molecule has 25 heavy (non-hydrogen) atoms. The van der Waals surface area contributed by atoms with Crippen molar-refractivity contribution in [2.45, 2.75) is 19.0 Å². The molecule has 1 amide bonds. The minimum Gasteiger partial charge on any atom is -0.441 e. The van der Waals surface area contributed by atoms with Crippen molar-refractivity contribution >= 4 is 29.3 Å². The van der Waals surface area contributed by atoms with Gasteiger partial charge >= 0.3 is 0 Å². The number of aryl methyl sites for hydroxylation is 1. The first kappa shape index (κ1) is 19.8. The van der Waals surface area contributed by atoms with Crippen LogP contribution >= 0.6 is 23.4 Å². The lowest BCUT2D eigenvalue weighted by Gasteiger charge is -2.13. The summed E-state index contributed by atoms with van der Waals surface area (Å²) in [6.45, 7) is 2.18. The van der Waals surface area contributed by atoms with Crippen molar-refractivity contribution in [2.24, 2.45) is 0 Å². The van der Waals surface area contributed by atoms with Crippen LogP contribution in [0.5, 0.6) is 0 Å². The molecule has 8 heteroatoms. The van der Waals surface area contributed by atoms with Gasteiger partial charge in [0.25, 0.3) is 0 Å². The normalized spacial score (nSPS) is 11.1. The first-order chi connectivity index (χ1) is 12.0. The van der Waals surface area contributed by atoms with Gasteiger partial charge in [-0.1, -0.05) is 11.6 Å². The van der Waals surface area contributed by atoms with Crippen LogP contribution in [0.15, 0.2) is 28.7 Å². The second-order valence-electron chi connectivity index (χ2n) is 5.23. The van der Waals surface area contributed by atoms with Crippen molar-refractivity contribution in [3.63, 3.8) is 0 Å². The number of carbonyl (C=O) groups excluding carboxylic acids is 1. The lowest BCUT2D eigenvalue weighted by molar-refractivity contribution is -0.125. The average molecular weight is 385 g/mol. The second-order valence-corrected chi connectivity index (χ2v) is 6.65. The molecule has 0 atom stereocenters. The van der Waals surface area contributed by atoms with Crippen molar-refractivity contribution < 1.29 is 18.7 Å². The van der Waals surface area contributed by atoms with E-state index in [2.05, 4.69) is 10.3 Å². The highest BCUT2D eigenvalue weighted by Crippen LogP contribution is 2.25. The molecule has 0 aliphatic rings. The summed E-state index contributed by atoms with van der Waals surface area (Å²) in [5.41, 5.74) is 1.70. The van der Waals surface area contributed by atoms with Crippen molar-refractivity contribution in [1.82, 2.24) is 10.3 Å². The zero-order valence-electron chi connectivity index (χ0n) is 14.4. The Balaban J connectivity index is 1.83. The Morgan fingerprint density at radius 2 is 2.00 bits per heavy atom. The molecule has 1 aromatic carbocycles. The number of nitrogens with one attached hydrogen (secondary N) is 1. The van der Waals surface area contributed by atoms with Gasteiger partial charge < -0.3 is 19.2 Å². The molecule has 136 valence electrons. The molecule has 0 aliphatic heterocycles. The Kier molecular flexibility index (Phi) is 7.77. The molecule has 2 rings (SSSR count). The number of carbonyl (C=O) groups is 1. The number of thioether (sulfide) groups is 1. The van der Waals surface area contributed by atoms with E-state index >= 15 is 0 Å². The highest BCUT2D eigenvalue weighted by atomic mass is 35.5. The fraction of sp³-hybridized carbons (Fsp3) is 0.412. The number of nitrogens with zero attached hydrogens (tertiary/aromatic N) is 1. The van der Waals surface area contributed by atoms with Crippen LogP contribution in [0.1, 0.15) is 11.5 Å². The van der Waals surface area contributed by atoms with E-state index in [-0.39, 0.29) is 5.91 Å². The van der Waals surface area contributed by atoms with Gasteiger partial charge in [-0.05, 0) is 31.2 Å². The molecule has 1 aromatic heterocycles. The summed E-state index contributed by atoms with van der Waals surface area (Å²) in [4.78, 5) is 16.3. The second kappa shape index (κ2) is 9.82. The number of ether oxygens (including phenoxy) is 2. The first-order valence-electron chi connectivity index (χ1n) is 7.65. The van der Waals surface area contributed by atoms with E-state index in [1.807, 2.05) is 19.1 Å². The van der Waals surface area contributed by atoms with Gasteiger partial charge in [-0.3, -0.25) is 4.79 Å². The summed E-state index contributed by atoms with van der Waals surface area (Å²) in [6.07, 6.45) is -0.436. The van der Waals surface area contributed by atoms with Gasteiger partial charge in [0, 0.05) is 30.6 Å². The smallest absolute Gasteiger partial charge is 0.230 e. The van der Waals surface area contributed by atoms with Gasteiger partial charge in [-0.2, -0.15) is 0 Å². The zero-order valence-corrected chi connectivity index (χ0v) is 15.9. The number of methoxy groups -OCH3 is 2. The molecule has 0 aliphatic carbocycles. The van der Waals surface area contributed by atoms with Crippen LogP contribution in [0.4, 0.5) is 0 Å². The van der Waals surface area contributed by atoms with E-state index in [4.69, 9.17) is 25.5 Å². The topological polar surface area (TPSA) is 73.6 Å². The van der Waals surface area contributed by atoms with Gasteiger partial charge in [-0.25, -0.2) is 4.98 Å². The molecule has 0 saturated carbocycles. The highest BCUT2D eigenvalue weighted by Gasteiger charge is 2.13. The number of benzene rings is 1. The number of rotatable bonds is 9. The van der Waals surface area contributed by atoms with E-state index in [0.717, 1.165) is 17.0 Å². The van der Waals surface area contributed by atoms with Crippen LogP contribution in [-0.4, -0.2) is 43.7 Å². The summed E-state index contributed by atoms with van der Waals surface area (Å²) in [5, 5.41) is 3.42. The van der Waals surface area contributed by atoms with E-state index in [1.54, 1.807) is 12.1 Å². The van der Waals surface area contributed by atoms with Gasteiger partial charge in [0.15, 0.2) is 6.29 Å². The number of oxazole rings is 1. The predicted octanol–water partition coefficient (Wildman–Crippen LogP) is 3.27. The first-order valence-corrected chi connectivity index (χ1v) is 9.19. The number of hydrogen-bond acceptors (Lipinski definition) is 6. The molecule has 2 aromatic rings. The Bertz CT molecular complexity index is 686. The number of hydrogen-bond donors (Lipinski definition) is 1. The molecule has 6 nitrogen and oxygen atoms in total. The van der Waals surface area contributed by atoms with Gasteiger partial charge in [0.1, 0.15) is 5.76 Å². The van der Waals surface area contributed by atoms with E-state index in [9.17, 15) is 4.79 Å². The Hall–Kier alpha value is -1.54. The van der Waals surface area contributed by atoms with Crippen LogP contribution in [0.2, 0.25) is 5.02 Å². The average Bonchev–Trinajstić information content (AvgIpc) is 2.97. The molecule has 0 unspecified atom stereocenters. The quantitative estimate of drug-likeness (QED) is 0.669. The molecule has 0 fully saturated rings. The van der Waals surface area contributed by atoms with Crippen LogP contribution in [0, 0.1) is 6.92 Å². The molecule has 0 saturated heterocycles. The molecule has 0 spiro atoms. The summed E-state index contributed by atoms with van der Waals surface area (Å²) in [6, 6.07) is 7.31. The lowest BCUT2D eigenvalue weighted by atomic mass is 10.2. The maximum Gasteiger partial charge on any atom is 0.230 e. The third kappa shape index (κ3) is 6.04. The SMILES string of the molecule is COC(CNC(=O)CSCc1nc(-c2ccc(Cl)cc2)oc1C)OC. The monoisotopic (exact) mass is 384 g/mol. The molecule has 1 heterocycles. The van der Waals surface area contributed by atoms with Crippen LogP contribution < -0.4 is 5.32 Å². The lowest BCUT2D eigenvalue weighted by Crippen LogP contribution is -2.35. The zero-order chi connectivity index (χ0) is 18.2. The maximum atomic E-state index is 11.8. The third-order valence-electron chi connectivity index (χ3n) is 3.45. The van der Waals surface area contributed by atoms with Gasteiger partial charge in [0.2, 0.25) is 11.8 Å². The van der Waals surface area contributed by atoms with Crippen molar-refractivity contribution in [3.05, 3.63) is 40.7 Å². The van der Waals surface area contributed by atoms with Crippen LogP contribution in [-0.2, 0) is 20.0 Å². The largest absolute Gasteiger partial charge is 0.441 e. The Labute approximate surface area is 156 Å². The number of halogens is 1. The molecule has 0 bridgehead atoms. The summed E-state index contributed by atoms with van der Waals surface area (Å²) < 4.78 is 15.7. The molecular formula is C17H21ClN2O4S. The number of amides is 1. The summed E-state index contributed by atoms with van der Waals surface area (Å²) >= 11 is 7.36. The Morgan fingerprint density at radius 3 is 2.64 bits per heavy atom. The molecule has 1 N–H and O–H groups in total. The maximum absolute atomic E-state index is 11.8. The van der Waals surface area contributed by atoms with E-state index < -0.39 is 6.29 Å². The van der Waals surface area contributed by atoms with Crippen molar-refractivity contribution in [1.29, 1.82) is 0 Å². The fourth-order valence-corrected chi connectivity index (χ4v) is 3.01. The standard InChI is InChI=1S/C17H21ClN2O4S/c1-11-14(9-25-10-15(21)19-8-16(22-2)23-3)20-17(24-11)12-4-6-13(18)7-5-12/h4-7,16H,8-10H2,1-3H3,(H,19,21). The minimum atomic E-state index is -0.436. The summed E-state index contributed by atoms with van der Waals surface area (Å²) in [5.74, 6) is 2.13. The van der Waals surface area contributed by atoms with Gasteiger partial charge in [0.05, 0.1) is 18.0 Å². The molecular weight excluding hydrogens is 364 g/mol. The summed E-state index contributed by atoms with van der Waals surface area (Å²) in [7, 11) is 3.06. The van der Waals surface area contributed by atoms with Crippen LogP contribution in [0.25, 0.3) is 11.5 Å². The number of aromatic nitrogens is 1. The third-order valence-corrected chi connectivity index (χ3v) is 4.64. The molecule has 0 radical (unpaired) electrons. The minimum absolute atomic E-state index is 0.0804. The van der Waals surface area contributed by atoms with E-state index in [0.29, 0.717) is 29.0 Å². The van der Waals surface area contributed by atoms with Crippen molar-refractivity contribution in [2.75, 3.05) is 26.5 Å². The fourth-order valence-electron chi connectivity index (χ4n) is 2.03. The van der Waals surface area contributed by atoms with Crippen LogP contribution in [0.3, 0.4) is 0 Å². The van der Waals surface area contributed by atoms with E-state index in [1.165, 1.54) is 26.0 Å². The Morgan fingerprint density at radius 1 is 1.32 bits per heavy atom. The highest BCUT2D eigenvalue weighted by molar-refractivity contribution is 7.99. The van der Waals surface area contributed by atoms with Gasteiger partial charge in [-0.15, -0.1) is 11.8 Å².